The molecule has 0 saturated heterocycles. The molecule has 1 aromatic rings. The Morgan fingerprint density at radius 1 is 1.29 bits per heavy atom. The van der Waals surface area contributed by atoms with E-state index in [0.29, 0.717) is 6.42 Å². The van der Waals surface area contributed by atoms with Crippen LogP contribution in [0.25, 0.3) is 0 Å². The zero-order valence-corrected chi connectivity index (χ0v) is 13.7. The summed E-state index contributed by atoms with van der Waals surface area (Å²) in [7, 11) is 0. The fourth-order valence-corrected chi connectivity index (χ4v) is 2.25. The molecule has 1 rings (SSSR count). The molecule has 0 aliphatic heterocycles. The summed E-state index contributed by atoms with van der Waals surface area (Å²) in [5.74, 6) is 0.605. The number of aryl methyl sites for hydroxylation is 2. The van der Waals surface area contributed by atoms with Crippen molar-refractivity contribution in [3.63, 3.8) is 0 Å². The molecule has 2 N–H and O–H groups in total. The number of aliphatic hydroxyl groups excluding tert-OH is 1. The molecule has 1 unspecified atom stereocenters. The highest BCUT2D eigenvalue weighted by Crippen LogP contribution is 2.23. The summed E-state index contributed by atoms with van der Waals surface area (Å²) < 4.78 is 5.65. The van der Waals surface area contributed by atoms with Crippen LogP contribution in [0.3, 0.4) is 0 Å². The smallest absolute Gasteiger partial charge is 0.258 e. The number of aliphatic hydroxyl groups is 1. The summed E-state index contributed by atoms with van der Waals surface area (Å²) in [5, 5.41) is 12.1. The molecule has 4 nitrogen and oxygen atoms in total. The van der Waals surface area contributed by atoms with Crippen LogP contribution >= 0.6 is 0 Å². The molecule has 1 atom stereocenters. The molecule has 1 aromatic carbocycles. The van der Waals surface area contributed by atoms with Gasteiger partial charge in [0.05, 0.1) is 0 Å². The molecule has 0 aliphatic rings. The van der Waals surface area contributed by atoms with Gasteiger partial charge in [-0.1, -0.05) is 39.0 Å². The van der Waals surface area contributed by atoms with Gasteiger partial charge in [-0.2, -0.15) is 0 Å². The Hall–Kier alpha value is -1.55. The van der Waals surface area contributed by atoms with Gasteiger partial charge in [0.1, 0.15) is 5.75 Å². The molecule has 118 valence electrons. The Labute approximate surface area is 127 Å². The fourth-order valence-electron chi connectivity index (χ4n) is 2.25. The van der Waals surface area contributed by atoms with E-state index in [-0.39, 0.29) is 30.6 Å². The molecule has 0 heterocycles. The minimum Gasteiger partial charge on any atom is -0.483 e. The number of benzene rings is 1. The number of ether oxygens (including phenoxy) is 1. The number of carbonyl (C=O) groups excluding carboxylic acids is 1. The molecule has 0 bridgehead atoms. The quantitative estimate of drug-likeness (QED) is 0.847. The van der Waals surface area contributed by atoms with E-state index in [9.17, 15) is 4.79 Å². The Morgan fingerprint density at radius 2 is 1.86 bits per heavy atom. The zero-order valence-electron chi connectivity index (χ0n) is 13.7. The van der Waals surface area contributed by atoms with Crippen molar-refractivity contribution in [3.8, 4) is 5.75 Å². The average molecular weight is 293 g/mol. The number of nitrogens with one attached hydrogen (secondary N) is 1. The van der Waals surface area contributed by atoms with E-state index < -0.39 is 0 Å². The van der Waals surface area contributed by atoms with Crippen molar-refractivity contribution in [1.82, 2.24) is 5.32 Å². The molecule has 4 heteroatoms. The topological polar surface area (TPSA) is 58.6 Å². The van der Waals surface area contributed by atoms with Crippen LogP contribution in [0.1, 0.15) is 38.3 Å². The van der Waals surface area contributed by atoms with Crippen molar-refractivity contribution >= 4 is 5.91 Å². The lowest BCUT2D eigenvalue weighted by atomic mass is 9.85. The second-order valence-electron chi connectivity index (χ2n) is 6.51. The van der Waals surface area contributed by atoms with Gasteiger partial charge in [-0.05, 0) is 36.8 Å². The minimum atomic E-state index is -0.161. The van der Waals surface area contributed by atoms with Gasteiger partial charge in [0.2, 0.25) is 0 Å². The fraction of sp³-hybridized carbons (Fsp3) is 0.588. The van der Waals surface area contributed by atoms with Crippen molar-refractivity contribution in [2.45, 2.75) is 47.1 Å². The number of hydrogen-bond donors (Lipinski definition) is 2. The van der Waals surface area contributed by atoms with Gasteiger partial charge in [0.15, 0.2) is 6.61 Å². The Kier molecular flexibility index (Phi) is 6.21. The highest BCUT2D eigenvalue weighted by molar-refractivity contribution is 5.78. The predicted octanol–water partition coefficient (Wildman–Crippen LogP) is 2.60. The maximum atomic E-state index is 12.1. The van der Waals surface area contributed by atoms with Gasteiger partial charge in [-0.3, -0.25) is 4.79 Å². The molecule has 0 radical (unpaired) electrons. The maximum Gasteiger partial charge on any atom is 0.258 e. The summed E-state index contributed by atoms with van der Waals surface area (Å²) in [6.07, 6.45) is 0.540. The summed E-state index contributed by atoms with van der Waals surface area (Å²) in [4.78, 5) is 12.1. The van der Waals surface area contributed by atoms with Crippen LogP contribution in [-0.4, -0.2) is 30.3 Å². The molecule has 0 spiro atoms. The van der Waals surface area contributed by atoms with Crippen molar-refractivity contribution in [3.05, 3.63) is 29.3 Å². The first kappa shape index (κ1) is 17.5. The first-order valence-corrected chi connectivity index (χ1v) is 7.35. The third kappa shape index (κ3) is 5.38. The van der Waals surface area contributed by atoms with E-state index in [1.807, 2.05) is 52.8 Å². The normalized spacial score (nSPS) is 12.9. The van der Waals surface area contributed by atoms with Crippen LogP contribution in [-0.2, 0) is 4.79 Å². The lowest BCUT2D eigenvalue weighted by molar-refractivity contribution is -0.124. The van der Waals surface area contributed by atoms with Crippen LogP contribution in [0, 0.1) is 19.3 Å². The summed E-state index contributed by atoms with van der Waals surface area (Å²) in [6, 6.07) is 5.82. The molecule has 0 aromatic heterocycles. The first-order chi connectivity index (χ1) is 9.75. The average Bonchev–Trinajstić information content (AvgIpc) is 2.36. The van der Waals surface area contributed by atoms with E-state index in [1.165, 1.54) is 0 Å². The van der Waals surface area contributed by atoms with Crippen LogP contribution in [0.2, 0.25) is 0 Å². The SMILES string of the molecule is Cc1cccc(C)c1OCC(=O)NC(CCO)C(C)(C)C. The second-order valence-corrected chi connectivity index (χ2v) is 6.51. The van der Waals surface area contributed by atoms with Crippen LogP contribution in [0.15, 0.2) is 18.2 Å². The van der Waals surface area contributed by atoms with Crippen molar-refractivity contribution in [2.75, 3.05) is 13.2 Å². The lowest BCUT2D eigenvalue weighted by Crippen LogP contribution is -2.46. The standard InChI is InChI=1S/C17H27NO3/c1-12-7-6-8-13(2)16(12)21-11-15(20)18-14(9-10-19)17(3,4)5/h6-8,14,19H,9-11H2,1-5H3,(H,18,20). The molecule has 1 amide bonds. The zero-order chi connectivity index (χ0) is 16.0. The number of hydrogen-bond acceptors (Lipinski definition) is 3. The third-order valence-corrected chi connectivity index (χ3v) is 3.55. The van der Waals surface area contributed by atoms with Crippen molar-refractivity contribution in [2.24, 2.45) is 5.41 Å². The van der Waals surface area contributed by atoms with Gasteiger partial charge in [-0.15, -0.1) is 0 Å². The van der Waals surface area contributed by atoms with Crippen LogP contribution in [0.4, 0.5) is 0 Å². The van der Waals surface area contributed by atoms with E-state index in [2.05, 4.69) is 5.32 Å². The van der Waals surface area contributed by atoms with Crippen LogP contribution in [0.5, 0.6) is 5.75 Å². The summed E-state index contributed by atoms with van der Waals surface area (Å²) in [5.41, 5.74) is 1.94. The molecular formula is C17H27NO3. The number of amides is 1. The number of para-hydroxylation sites is 1. The monoisotopic (exact) mass is 293 g/mol. The van der Waals surface area contributed by atoms with Crippen LogP contribution < -0.4 is 10.1 Å². The summed E-state index contributed by atoms with van der Waals surface area (Å²) in [6.45, 7) is 10.1. The highest BCUT2D eigenvalue weighted by atomic mass is 16.5. The number of carbonyl (C=O) groups is 1. The van der Waals surface area contributed by atoms with Crippen molar-refractivity contribution in [1.29, 1.82) is 0 Å². The van der Waals surface area contributed by atoms with Gasteiger partial charge in [0.25, 0.3) is 5.91 Å². The van der Waals surface area contributed by atoms with Gasteiger partial charge in [-0.25, -0.2) is 0 Å². The molecule has 21 heavy (non-hydrogen) atoms. The molecule has 0 saturated carbocycles. The Balaban J connectivity index is 2.61. The van der Waals surface area contributed by atoms with E-state index in [0.717, 1.165) is 16.9 Å². The predicted molar refractivity (Wildman–Crippen MR) is 84.5 cm³/mol. The highest BCUT2D eigenvalue weighted by Gasteiger charge is 2.25. The maximum absolute atomic E-state index is 12.1. The molecule has 0 aliphatic carbocycles. The Bertz CT molecular complexity index is 457. The summed E-state index contributed by atoms with van der Waals surface area (Å²) >= 11 is 0. The second kappa shape index (κ2) is 7.46. The van der Waals surface area contributed by atoms with Gasteiger partial charge in [0, 0.05) is 12.6 Å². The van der Waals surface area contributed by atoms with E-state index in [1.54, 1.807) is 0 Å². The largest absolute Gasteiger partial charge is 0.483 e. The number of rotatable bonds is 6. The minimum absolute atomic E-state index is 0.0102. The lowest BCUT2D eigenvalue weighted by Gasteiger charge is -2.31. The molecule has 0 fully saturated rings. The van der Waals surface area contributed by atoms with Gasteiger partial charge >= 0.3 is 0 Å². The van der Waals surface area contributed by atoms with E-state index in [4.69, 9.17) is 9.84 Å². The van der Waals surface area contributed by atoms with Gasteiger partial charge < -0.3 is 15.2 Å². The Morgan fingerprint density at radius 3 is 2.33 bits per heavy atom. The third-order valence-electron chi connectivity index (χ3n) is 3.55. The van der Waals surface area contributed by atoms with E-state index >= 15 is 0 Å². The first-order valence-electron chi connectivity index (χ1n) is 7.35. The van der Waals surface area contributed by atoms with Crippen molar-refractivity contribution < 1.29 is 14.6 Å². The molecular weight excluding hydrogens is 266 g/mol.